The highest BCUT2D eigenvalue weighted by Crippen LogP contribution is 2.26. The minimum Gasteiger partial charge on any atom is -0.497 e. The van der Waals surface area contributed by atoms with Crippen LogP contribution in [0.15, 0.2) is 48.5 Å². The third kappa shape index (κ3) is 5.51. The molecular weight excluding hydrogens is 380 g/mol. The molecule has 7 heteroatoms. The standard InChI is InChI=1S/C23H30N4O3/c1-26(2)19-11-9-17(10-12-19)21(27-13-4-5-14-27)16-24-22(28)23(29)25-18-7-6-8-20(15-18)30-3/h6-12,15,21H,4-5,13-14,16H2,1-3H3,(H,24,28)(H,25,29)/t21-/m1/s1. The Hall–Kier alpha value is -3.06. The smallest absolute Gasteiger partial charge is 0.313 e. The van der Waals surface area contributed by atoms with E-state index < -0.39 is 11.8 Å². The minimum atomic E-state index is -0.689. The van der Waals surface area contributed by atoms with E-state index in [1.165, 1.54) is 0 Å². The zero-order valence-corrected chi connectivity index (χ0v) is 17.9. The van der Waals surface area contributed by atoms with Crippen LogP contribution in [0.5, 0.6) is 5.75 Å². The van der Waals surface area contributed by atoms with Crippen molar-refractivity contribution in [3.05, 3.63) is 54.1 Å². The van der Waals surface area contributed by atoms with Crippen LogP contribution in [0.3, 0.4) is 0 Å². The summed E-state index contributed by atoms with van der Waals surface area (Å²) in [7, 11) is 5.57. The number of carbonyl (C=O) groups excluding carboxylic acids is 2. The summed E-state index contributed by atoms with van der Waals surface area (Å²) in [5.41, 5.74) is 2.78. The lowest BCUT2D eigenvalue weighted by molar-refractivity contribution is -0.136. The number of methoxy groups -OCH3 is 1. The van der Waals surface area contributed by atoms with Crippen molar-refractivity contribution < 1.29 is 14.3 Å². The van der Waals surface area contributed by atoms with Crippen LogP contribution in [0.1, 0.15) is 24.4 Å². The molecule has 0 saturated carbocycles. The van der Waals surface area contributed by atoms with Crippen LogP contribution in [0, 0.1) is 0 Å². The summed E-state index contributed by atoms with van der Waals surface area (Å²) in [5, 5.41) is 5.43. The Kier molecular flexibility index (Phi) is 7.30. The van der Waals surface area contributed by atoms with E-state index in [-0.39, 0.29) is 6.04 Å². The molecule has 1 fully saturated rings. The van der Waals surface area contributed by atoms with Gasteiger partial charge in [0.15, 0.2) is 0 Å². The van der Waals surface area contributed by atoms with Crippen LogP contribution >= 0.6 is 0 Å². The van der Waals surface area contributed by atoms with E-state index >= 15 is 0 Å². The Balaban J connectivity index is 1.64. The number of nitrogens with zero attached hydrogens (tertiary/aromatic N) is 2. The van der Waals surface area contributed by atoms with Gasteiger partial charge >= 0.3 is 11.8 Å². The molecule has 1 heterocycles. The van der Waals surface area contributed by atoms with E-state index in [1.807, 2.05) is 14.1 Å². The number of hydrogen-bond donors (Lipinski definition) is 2. The number of ether oxygens (including phenoxy) is 1. The molecule has 0 unspecified atom stereocenters. The number of carbonyl (C=O) groups is 2. The predicted molar refractivity (Wildman–Crippen MR) is 119 cm³/mol. The van der Waals surface area contributed by atoms with Gasteiger partial charge in [-0.15, -0.1) is 0 Å². The molecule has 1 saturated heterocycles. The summed E-state index contributed by atoms with van der Waals surface area (Å²) in [4.78, 5) is 29.2. The fraction of sp³-hybridized carbons (Fsp3) is 0.391. The molecule has 1 atom stereocenters. The normalized spacial score (nSPS) is 14.8. The molecule has 7 nitrogen and oxygen atoms in total. The number of benzene rings is 2. The second kappa shape index (κ2) is 10.1. The third-order valence-electron chi connectivity index (χ3n) is 5.37. The number of rotatable bonds is 7. The van der Waals surface area contributed by atoms with Crippen molar-refractivity contribution >= 4 is 23.2 Å². The Morgan fingerprint density at radius 2 is 1.77 bits per heavy atom. The van der Waals surface area contributed by atoms with Crippen molar-refractivity contribution in [2.24, 2.45) is 0 Å². The first kappa shape index (κ1) is 21.6. The average Bonchev–Trinajstić information content (AvgIpc) is 3.28. The fourth-order valence-electron chi connectivity index (χ4n) is 3.66. The zero-order valence-electron chi connectivity index (χ0n) is 17.9. The van der Waals surface area contributed by atoms with E-state index in [0.29, 0.717) is 18.0 Å². The molecule has 1 aliphatic heterocycles. The second-order valence-corrected chi connectivity index (χ2v) is 7.64. The molecule has 2 aromatic carbocycles. The first-order valence-corrected chi connectivity index (χ1v) is 10.2. The maximum Gasteiger partial charge on any atom is 0.313 e. The van der Waals surface area contributed by atoms with Gasteiger partial charge < -0.3 is 20.3 Å². The van der Waals surface area contributed by atoms with Gasteiger partial charge in [-0.05, 0) is 55.8 Å². The molecule has 0 bridgehead atoms. The predicted octanol–water partition coefficient (Wildman–Crippen LogP) is 2.65. The molecule has 1 aliphatic rings. The molecule has 2 N–H and O–H groups in total. The maximum atomic E-state index is 12.4. The maximum absolute atomic E-state index is 12.4. The monoisotopic (exact) mass is 410 g/mol. The van der Waals surface area contributed by atoms with Gasteiger partial charge in [0.2, 0.25) is 0 Å². The minimum absolute atomic E-state index is 0.0391. The first-order chi connectivity index (χ1) is 14.5. The molecule has 3 rings (SSSR count). The third-order valence-corrected chi connectivity index (χ3v) is 5.37. The van der Waals surface area contributed by atoms with Crippen LogP contribution in [0.25, 0.3) is 0 Å². The first-order valence-electron chi connectivity index (χ1n) is 10.2. The summed E-state index contributed by atoms with van der Waals surface area (Å²) in [6, 6.07) is 15.3. The van der Waals surface area contributed by atoms with E-state index in [2.05, 4.69) is 44.7 Å². The van der Waals surface area contributed by atoms with Crippen molar-refractivity contribution in [1.29, 1.82) is 0 Å². The molecule has 0 aliphatic carbocycles. The van der Waals surface area contributed by atoms with Gasteiger partial charge in [-0.25, -0.2) is 0 Å². The van der Waals surface area contributed by atoms with Crippen molar-refractivity contribution in [2.75, 3.05) is 51.1 Å². The lowest BCUT2D eigenvalue weighted by Gasteiger charge is -2.28. The summed E-state index contributed by atoms with van der Waals surface area (Å²) >= 11 is 0. The average molecular weight is 411 g/mol. The molecule has 2 amide bonds. The lowest BCUT2D eigenvalue weighted by Crippen LogP contribution is -2.41. The Morgan fingerprint density at radius 1 is 1.07 bits per heavy atom. The van der Waals surface area contributed by atoms with Gasteiger partial charge in [0.05, 0.1) is 13.2 Å². The summed E-state index contributed by atoms with van der Waals surface area (Å²) < 4.78 is 5.14. The van der Waals surface area contributed by atoms with E-state index in [0.717, 1.165) is 37.2 Å². The van der Waals surface area contributed by atoms with Gasteiger partial charge in [-0.3, -0.25) is 14.5 Å². The molecule has 2 aromatic rings. The topological polar surface area (TPSA) is 73.9 Å². The largest absolute Gasteiger partial charge is 0.497 e. The Bertz CT molecular complexity index is 861. The molecule has 160 valence electrons. The quantitative estimate of drug-likeness (QED) is 0.687. The molecule has 0 spiro atoms. The second-order valence-electron chi connectivity index (χ2n) is 7.64. The van der Waals surface area contributed by atoms with E-state index in [1.54, 1.807) is 31.4 Å². The molecule has 0 radical (unpaired) electrons. The van der Waals surface area contributed by atoms with Gasteiger partial charge in [0.25, 0.3) is 0 Å². The van der Waals surface area contributed by atoms with Gasteiger partial charge in [-0.1, -0.05) is 18.2 Å². The summed E-state index contributed by atoms with van der Waals surface area (Å²) in [5.74, 6) is -0.721. The molecule has 0 aromatic heterocycles. The van der Waals surface area contributed by atoms with Gasteiger partial charge in [0, 0.05) is 38.1 Å². The highest BCUT2D eigenvalue weighted by atomic mass is 16.5. The van der Waals surface area contributed by atoms with Crippen LogP contribution in [-0.2, 0) is 9.59 Å². The van der Waals surface area contributed by atoms with Crippen LogP contribution in [0.4, 0.5) is 11.4 Å². The number of hydrogen-bond acceptors (Lipinski definition) is 5. The van der Waals surface area contributed by atoms with Crippen molar-refractivity contribution in [3.8, 4) is 5.75 Å². The Labute approximate surface area is 178 Å². The summed E-state index contributed by atoms with van der Waals surface area (Å²) in [6.45, 7) is 2.36. The SMILES string of the molecule is COc1cccc(NC(=O)C(=O)NC[C@H](c2ccc(N(C)C)cc2)N2CCCC2)c1. The number of likely N-dealkylation sites (tertiary alicyclic amines) is 1. The van der Waals surface area contributed by atoms with Crippen molar-refractivity contribution in [3.63, 3.8) is 0 Å². The van der Waals surface area contributed by atoms with E-state index in [4.69, 9.17) is 4.74 Å². The molecular formula is C23H30N4O3. The van der Waals surface area contributed by atoms with Gasteiger partial charge in [0.1, 0.15) is 5.75 Å². The van der Waals surface area contributed by atoms with Crippen LogP contribution in [0.2, 0.25) is 0 Å². The van der Waals surface area contributed by atoms with Crippen molar-refractivity contribution in [1.82, 2.24) is 10.2 Å². The van der Waals surface area contributed by atoms with Crippen LogP contribution < -0.4 is 20.3 Å². The fourth-order valence-corrected chi connectivity index (χ4v) is 3.66. The van der Waals surface area contributed by atoms with E-state index in [9.17, 15) is 9.59 Å². The van der Waals surface area contributed by atoms with Crippen LogP contribution in [-0.4, -0.2) is 57.6 Å². The highest BCUT2D eigenvalue weighted by Gasteiger charge is 2.25. The highest BCUT2D eigenvalue weighted by molar-refractivity contribution is 6.39. The molecule has 30 heavy (non-hydrogen) atoms. The lowest BCUT2D eigenvalue weighted by atomic mass is 10.0. The number of nitrogens with one attached hydrogen (secondary N) is 2. The number of anilines is 2. The number of amides is 2. The zero-order chi connectivity index (χ0) is 21.5. The van der Waals surface area contributed by atoms with Crippen molar-refractivity contribution in [2.45, 2.75) is 18.9 Å². The summed E-state index contributed by atoms with van der Waals surface area (Å²) in [6.07, 6.45) is 2.30. The Morgan fingerprint density at radius 3 is 2.40 bits per heavy atom. The van der Waals surface area contributed by atoms with Gasteiger partial charge in [-0.2, -0.15) is 0 Å².